The predicted octanol–water partition coefficient (Wildman–Crippen LogP) is 7.60. The number of aliphatic hydroxyl groups excluding tert-OH is 1. The average molecular weight is 633 g/mol. The first kappa shape index (κ1) is 55.1. The fourth-order valence-corrected chi connectivity index (χ4v) is 2.19. The number of hydrogen-bond acceptors (Lipinski definition) is 9. The average Bonchev–Trinajstić information content (AvgIpc) is 2.92. The summed E-state index contributed by atoms with van der Waals surface area (Å²) in [4.78, 5) is 0. The quantitative estimate of drug-likeness (QED) is 0.121. The van der Waals surface area contributed by atoms with Gasteiger partial charge in [0, 0.05) is 41.2 Å². The molecule has 0 amide bonds. The van der Waals surface area contributed by atoms with Gasteiger partial charge in [0.15, 0.2) is 0 Å². The molecule has 0 aliphatic rings. The van der Waals surface area contributed by atoms with Gasteiger partial charge >= 0.3 is 0 Å². The molecule has 0 heterocycles. The van der Waals surface area contributed by atoms with Crippen molar-refractivity contribution in [2.75, 3.05) is 80.8 Å². The first-order chi connectivity index (χ1) is 19.9. The number of methoxy groups -OCH3 is 3. The Morgan fingerprint density at radius 3 is 1.19 bits per heavy atom. The van der Waals surface area contributed by atoms with E-state index in [9.17, 15) is 0 Å². The van der Waals surface area contributed by atoms with E-state index in [1.54, 1.807) is 21.3 Å². The molecular weight excluding hydrogens is 552 g/mol. The molecule has 270 valence electrons. The molecule has 0 fully saturated rings. The van der Waals surface area contributed by atoms with Gasteiger partial charge in [0.05, 0.1) is 70.2 Å². The largest absolute Gasteiger partial charge is 0.394 e. The van der Waals surface area contributed by atoms with Crippen molar-refractivity contribution < 1.29 is 43.0 Å². The maximum atomic E-state index is 8.19. The standard InChI is InChI=1S/C11H24O3.C7H16O.C6H14O2.C5H12O2.C4H10O.CH4/c1-11(2)14-10-9-13-8-6-4-5-7-12-3;1-4-5-6-8-7(2)3;1-6(2)8-5-4-7-3;1-5(2)7-4-3-6;1-4(2)5-3;/h11H,4-10H2,1-3H3;7H,4-6H2,1-3H3;6H,4-5H2,1-3H3;5-6H,3-4H2,1-2H3;4H,1-3H3;1H4. The van der Waals surface area contributed by atoms with Crippen molar-refractivity contribution in [3.05, 3.63) is 0 Å². The van der Waals surface area contributed by atoms with Crippen LogP contribution in [0.1, 0.15) is 116 Å². The Labute approximate surface area is 270 Å². The van der Waals surface area contributed by atoms with Crippen LogP contribution < -0.4 is 0 Å². The third-order valence-electron chi connectivity index (χ3n) is 4.52. The summed E-state index contributed by atoms with van der Waals surface area (Å²) >= 11 is 0. The molecule has 0 saturated carbocycles. The van der Waals surface area contributed by atoms with Gasteiger partial charge in [-0.05, 0) is 94.9 Å². The Morgan fingerprint density at radius 1 is 0.442 bits per heavy atom. The molecule has 0 radical (unpaired) electrons. The van der Waals surface area contributed by atoms with E-state index in [1.165, 1.54) is 19.3 Å². The summed E-state index contributed by atoms with van der Waals surface area (Å²) in [5.41, 5.74) is 0. The van der Waals surface area contributed by atoms with E-state index in [0.717, 1.165) is 32.7 Å². The van der Waals surface area contributed by atoms with Gasteiger partial charge in [0.2, 0.25) is 0 Å². The van der Waals surface area contributed by atoms with Crippen LogP contribution in [0.3, 0.4) is 0 Å². The Kier molecular flexibility index (Phi) is 65.6. The monoisotopic (exact) mass is 633 g/mol. The van der Waals surface area contributed by atoms with E-state index in [-0.39, 0.29) is 20.1 Å². The normalized spacial score (nSPS) is 10.3. The van der Waals surface area contributed by atoms with Gasteiger partial charge in [-0.2, -0.15) is 0 Å². The van der Waals surface area contributed by atoms with Crippen LogP contribution in [-0.4, -0.2) is 116 Å². The summed E-state index contributed by atoms with van der Waals surface area (Å²) in [7, 11) is 5.11. The topological polar surface area (TPSA) is 94.1 Å². The summed E-state index contributed by atoms with van der Waals surface area (Å²) in [5, 5.41) is 8.19. The van der Waals surface area contributed by atoms with Gasteiger partial charge in [-0.1, -0.05) is 20.8 Å². The molecule has 0 bridgehead atoms. The molecule has 1 N–H and O–H groups in total. The Morgan fingerprint density at radius 2 is 0.837 bits per heavy atom. The van der Waals surface area contributed by atoms with Crippen molar-refractivity contribution in [1.29, 1.82) is 0 Å². The second-order valence-electron chi connectivity index (χ2n) is 10.7. The Hall–Kier alpha value is -0.360. The van der Waals surface area contributed by atoms with Gasteiger partial charge in [0.1, 0.15) is 0 Å². The van der Waals surface area contributed by atoms with Crippen molar-refractivity contribution in [1.82, 2.24) is 0 Å². The van der Waals surface area contributed by atoms with Gasteiger partial charge in [-0.15, -0.1) is 0 Å². The minimum absolute atomic E-state index is 0. The van der Waals surface area contributed by atoms with E-state index >= 15 is 0 Å². The summed E-state index contributed by atoms with van der Waals surface area (Å²) in [6.45, 7) is 28.3. The minimum Gasteiger partial charge on any atom is -0.394 e. The van der Waals surface area contributed by atoms with Gasteiger partial charge in [0.25, 0.3) is 0 Å². The zero-order valence-corrected chi connectivity index (χ0v) is 30.5. The molecule has 0 aliphatic heterocycles. The highest BCUT2D eigenvalue weighted by Gasteiger charge is 1.94. The van der Waals surface area contributed by atoms with Gasteiger partial charge in [-0.25, -0.2) is 0 Å². The second kappa shape index (κ2) is 51.2. The van der Waals surface area contributed by atoms with Crippen LogP contribution in [-0.2, 0) is 37.9 Å². The molecule has 0 rings (SSSR count). The van der Waals surface area contributed by atoms with E-state index in [2.05, 4.69) is 20.8 Å². The maximum Gasteiger partial charge on any atom is 0.0703 e. The zero-order valence-electron chi connectivity index (χ0n) is 30.5. The maximum absolute atomic E-state index is 8.19. The van der Waals surface area contributed by atoms with E-state index < -0.39 is 0 Å². The number of unbranched alkanes of at least 4 members (excludes halogenated alkanes) is 3. The summed E-state index contributed by atoms with van der Waals surface area (Å²) in [6.07, 6.45) is 7.51. The summed E-state index contributed by atoms with van der Waals surface area (Å²) in [5.74, 6) is 0. The van der Waals surface area contributed by atoms with E-state index in [1.807, 2.05) is 55.4 Å². The van der Waals surface area contributed by atoms with Crippen LogP contribution in [0, 0.1) is 0 Å². The van der Waals surface area contributed by atoms with Crippen LogP contribution in [0.15, 0.2) is 0 Å². The fourth-order valence-electron chi connectivity index (χ4n) is 2.19. The third kappa shape index (κ3) is 92.2. The van der Waals surface area contributed by atoms with Crippen molar-refractivity contribution in [2.45, 2.75) is 146 Å². The van der Waals surface area contributed by atoms with E-state index in [4.69, 9.17) is 43.0 Å². The molecular formula is C34H80O9. The summed E-state index contributed by atoms with van der Waals surface area (Å²) in [6, 6.07) is 0. The molecule has 0 saturated heterocycles. The highest BCUT2D eigenvalue weighted by molar-refractivity contribution is 4.41. The lowest BCUT2D eigenvalue weighted by atomic mass is 10.2. The third-order valence-corrected chi connectivity index (χ3v) is 4.52. The van der Waals surface area contributed by atoms with Crippen LogP contribution in [0.2, 0.25) is 0 Å². The number of hydrogen-bond donors (Lipinski definition) is 1. The fraction of sp³-hybridized carbons (Fsp3) is 1.00. The lowest BCUT2D eigenvalue weighted by molar-refractivity contribution is 0.0184. The molecule has 9 nitrogen and oxygen atoms in total. The SMILES string of the molecule is C.CC(C)OCCO.CCCCOC(C)C.COC(C)C.COCCCCCOCCOC(C)C.COCCOC(C)C. The smallest absolute Gasteiger partial charge is 0.0703 e. The molecule has 0 spiro atoms. The lowest BCUT2D eigenvalue weighted by Gasteiger charge is -2.07. The Bertz CT molecular complexity index is 393. The molecule has 0 aromatic carbocycles. The van der Waals surface area contributed by atoms with Crippen LogP contribution in [0.25, 0.3) is 0 Å². The van der Waals surface area contributed by atoms with Crippen LogP contribution in [0.5, 0.6) is 0 Å². The van der Waals surface area contributed by atoms with Gasteiger partial charge < -0.3 is 43.0 Å². The number of ether oxygens (including phenoxy) is 8. The zero-order chi connectivity index (χ0) is 33.4. The molecule has 0 atom stereocenters. The second-order valence-corrected chi connectivity index (χ2v) is 10.7. The van der Waals surface area contributed by atoms with Crippen molar-refractivity contribution in [3.63, 3.8) is 0 Å². The van der Waals surface area contributed by atoms with Crippen LogP contribution in [0.4, 0.5) is 0 Å². The molecule has 43 heavy (non-hydrogen) atoms. The highest BCUT2D eigenvalue weighted by atomic mass is 16.5. The predicted molar refractivity (Wildman–Crippen MR) is 184 cm³/mol. The van der Waals surface area contributed by atoms with E-state index in [0.29, 0.717) is 57.5 Å². The Balaban J connectivity index is -0.000000104. The lowest BCUT2D eigenvalue weighted by Crippen LogP contribution is -2.10. The molecule has 9 heteroatoms. The van der Waals surface area contributed by atoms with Gasteiger partial charge in [-0.3, -0.25) is 0 Å². The van der Waals surface area contributed by atoms with Crippen LogP contribution >= 0.6 is 0 Å². The number of aliphatic hydroxyl groups is 1. The molecule has 0 unspecified atom stereocenters. The van der Waals surface area contributed by atoms with Crippen molar-refractivity contribution in [3.8, 4) is 0 Å². The minimum atomic E-state index is 0. The molecule has 0 aliphatic carbocycles. The highest BCUT2D eigenvalue weighted by Crippen LogP contribution is 1.96. The molecule has 0 aromatic rings. The van der Waals surface area contributed by atoms with Crippen molar-refractivity contribution >= 4 is 0 Å². The van der Waals surface area contributed by atoms with Crippen molar-refractivity contribution in [2.24, 2.45) is 0 Å². The molecule has 0 aromatic heterocycles. The first-order valence-corrected chi connectivity index (χ1v) is 16.0. The summed E-state index contributed by atoms with van der Waals surface area (Å²) < 4.78 is 40.6. The first-order valence-electron chi connectivity index (χ1n) is 16.0. The number of rotatable bonds is 22.